The number of nitrogens with two attached hydrogens (primary N) is 1. The smallest absolute Gasteiger partial charge is 0.243 e. The van der Waals surface area contributed by atoms with Gasteiger partial charge in [0, 0.05) is 6.54 Å². The van der Waals surface area contributed by atoms with Crippen LogP contribution in [0.1, 0.15) is 39.5 Å². The third-order valence-electron chi connectivity index (χ3n) is 3.67. The van der Waals surface area contributed by atoms with Gasteiger partial charge in [-0.1, -0.05) is 13.8 Å². The van der Waals surface area contributed by atoms with Gasteiger partial charge < -0.3 is 10.6 Å². The molecule has 94 valence electrons. The van der Waals surface area contributed by atoms with Gasteiger partial charge in [0.05, 0.1) is 6.07 Å². The molecule has 2 N–H and O–H groups in total. The van der Waals surface area contributed by atoms with Crippen LogP contribution in [0.15, 0.2) is 0 Å². The second-order valence-corrected chi connectivity index (χ2v) is 4.46. The molecule has 1 fully saturated rings. The summed E-state index contributed by atoms with van der Waals surface area (Å²) in [6.45, 7) is 4.16. The fourth-order valence-corrected chi connectivity index (χ4v) is 2.34. The molecule has 0 aromatic heterocycles. The van der Waals surface area contributed by atoms with E-state index in [0.717, 1.165) is 6.42 Å². The zero-order valence-electron chi connectivity index (χ0n) is 10.4. The summed E-state index contributed by atoms with van der Waals surface area (Å²) in [5.41, 5.74) is 4.28. The van der Waals surface area contributed by atoms with E-state index in [0.29, 0.717) is 25.8 Å². The highest BCUT2D eigenvalue weighted by atomic mass is 16.2. The van der Waals surface area contributed by atoms with E-state index in [1.807, 2.05) is 13.8 Å². The Hall–Kier alpha value is -1.57. The quantitative estimate of drug-likeness (QED) is 0.784. The standard InChI is InChI=1S/C12H19N3O2/c1-3-12(4-2,8-13)11(17)15-7-5-6-9(15)10(14)16/h9H,3-7H2,1-2H3,(H2,14,16). The van der Waals surface area contributed by atoms with Crippen molar-refractivity contribution in [1.29, 1.82) is 5.26 Å². The number of nitriles is 1. The largest absolute Gasteiger partial charge is 0.368 e. The maximum atomic E-state index is 12.4. The van der Waals surface area contributed by atoms with Crippen LogP contribution in [-0.4, -0.2) is 29.3 Å². The van der Waals surface area contributed by atoms with Crippen LogP contribution in [0.3, 0.4) is 0 Å². The third kappa shape index (κ3) is 2.26. The molecule has 2 amide bonds. The van der Waals surface area contributed by atoms with Crippen molar-refractivity contribution < 1.29 is 9.59 Å². The molecular formula is C12H19N3O2. The summed E-state index contributed by atoms with van der Waals surface area (Å²) in [7, 11) is 0. The average Bonchev–Trinajstić information content (AvgIpc) is 2.80. The fourth-order valence-electron chi connectivity index (χ4n) is 2.34. The van der Waals surface area contributed by atoms with Crippen molar-refractivity contribution in [2.24, 2.45) is 11.1 Å². The van der Waals surface area contributed by atoms with Crippen LogP contribution in [-0.2, 0) is 9.59 Å². The number of likely N-dealkylation sites (tertiary alicyclic amines) is 1. The molecule has 0 bridgehead atoms. The monoisotopic (exact) mass is 237 g/mol. The number of hydrogen-bond donors (Lipinski definition) is 1. The van der Waals surface area contributed by atoms with Crippen LogP contribution in [0.25, 0.3) is 0 Å². The summed E-state index contributed by atoms with van der Waals surface area (Å²) in [5.74, 6) is -0.721. The van der Waals surface area contributed by atoms with Gasteiger partial charge in [0.15, 0.2) is 0 Å². The molecule has 0 radical (unpaired) electrons. The van der Waals surface area contributed by atoms with Gasteiger partial charge in [0.2, 0.25) is 11.8 Å². The highest BCUT2D eigenvalue weighted by Crippen LogP contribution is 2.31. The van der Waals surface area contributed by atoms with Crippen molar-refractivity contribution in [3.05, 3.63) is 0 Å². The molecule has 1 aliphatic rings. The number of hydrogen-bond acceptors (Lipinski definition) is 3. The number of primary amides is 1. The van der Waals surface area contributed by atoms with Crippen molar-refractivity contribution in [3.63, 3.8) is 0 Å². The summed E-state index contributed by atoms with van der Waals surface area (Å²) in [6.07, 6.45) is 2.30. The number of nitrogens with zero attached hydrogens (tertiary/aromatic N) is 2. The van der Waals surface area contributed by atoms with E-state index in [2.05, 4.69) is 6.07 Å². The first kappa shape index (κ1) is 13.5. The zero-order valence-corrected chi connectivity index (χ0v) is 10.4. The summed E-state index contributed by atoms with van der Waals surface area (Å²) < 4.78 is 0. The first-order chi connectivity index (χ1) is 8.02. The predicted octanol–water partition coefficient (Wildman–Crippen LogP) is 0.793. The molecule has 17 heavy (non-hydrogen) atoms. The lowest BCUT2D eigenvalue weighted by atomic mass is 9.82. The molecule has 1 rings (SSSR count). The maximum Gasteiger partial charge on any atom is 0.243 e. The van der Waals surface area contributed by atoms with Crippen molar-refractivity contribution in [2.75, 3.05) is 6.54 Å². The Kier molecular flexibility index (Phi) is 4.11. The molecule has 0 spiro atoms. The van der Waals surface area contributed by atoms with Gasteiger partial charge in [-0.15, -0.1) is 0 Å². The lowest BCUT2D eigenvalue weighted by molar-refractivity contribution is -0.143. The third-order valence-corrected chi connectivity index (χ3v) is 3.67. The van der Waals surface area contributed by atoms with Crippen molar-refractivity contribution in [2.45, 2.75) is 45.6 Å². The Labute approximate surface area is 102 Å². The fraction of sp³-hybridized carbons (Fsp3) is 0.750. The minimum atomic E-state index is -1.00. The molecule has 1 aliphatic heterocycles. The van der Waals surface area contributed by atoms with Crippen LogP contribution in [0.5, 0.6) is 0 Å². The molecule has 0 aliphatic carbocycles. The van der Waals surface area contributed by atoms with Gasteiger partial charge in [0.1, 0.15) is 11.5 Å². The molecule has 1 heterocycles. The Bertz CT molecular complexity index is 355. The van der Waals surface area contributed by atoms with Crippen LogP contribution in [0.4, 0.5) is 0 Å². The molecule has 1 atom stereocenters. The Morgan fingerprint density at radius 2 is 2.06 bits per heavy atom. The van der Waals surface area contributed by atoms with Gasteiger partial charge in [-0.3, -0.25) is 9.59 Å². The van der Waals surface area contributed by atoms with Gasteiger partial charge in [-0.25, -0.2) is 0 Å². The highest BCUT2D eigenvalue weighted by Gasteiger charge is 2.43. The Morgan fingerprint density at radius 3 is 2.47 bits per heavy atom. The molecule has 0 saturated carbocycles. The number of carbonyl (C=O) groups is 2. The van der Waals surface area contributed by atoms with E-state index in [1.165, 1.54) is 4.90 Å². The van der Waals surface area contributed by atoms with E-state index in [-0.39, 0.29) is 5.91 Å². The molecule has 1 unspecified atom stereocenters. The normalized spacial score (nSPS) is 20.1. The van der Waals surface area contributed by atoms with Crippen molar-refractivity contribution >= 4 is 11.8 Å². The minimum absolute atomic E-state index is 0.244. The first-order valence-corrected chi connectivity index (χ1v) is 6.04. The number of carbonyl (C=O) groups excluding carboxylic acids is 2. The maximum absolute atomic E-state index is 12.4. The second-order valence-electron chi connectivity index (χ2n) is 4.46. The van der Waals surface area contributed by atoms with Crippen molar-refractivity contribution in [1.82, 2.24) is 4.90 Å². The van der Waals surface area contributed by atoms with E-state index in [4.69, 9.17) is 5.73 Å². The molecule has 5 heteroatoms. The summed E-state index contributed by atoms with van der Waals surface area (Å²) in [4.78, 5) is 25.1. The van der Waals surface area contributed by atoms with Crippen molar-refractivity contribution in [3.8, 4) is 6.07 Å². The predicted molar refractivity (Wildman–Crippen MR) is 62.6 cm³/mol. The molecular weight excluding hydrogens is 218 g/mol. The zero-order chi connectivity index (χ0) is 13.1. The van der Waals surface area contributed by atoms with E-state index in [1.54, 1.807) is 0 Å². The van der Waals surface area contributed by atoms with Crippen LogP contribution in [0, 0.1) is 16.7 Å². The van der Waals surface area contributed by atoms with Crippen LogP contribution < -0.4 is 5.73 Å². The first-order valence-electron chi connectivity index (χ1n) is 6.04. The van der Waals surface area contributed by atoms with E-state index < -0.39 is 17.4 Å². The summed E-state index contributed by atoms with van der Waals surface area (Å²) in [6, 6.07) is 1.57. The molecule has 0 aromatic rings. The van der Waals surface area contributed by atoms with Gasteiger partial charge in [-0.05, 0) is 25.7 Å². The highest BCUT2D eigenvalue weighted by molar-refractivity contribution is 5.91. The number of rotatable bonds is 4. The topological polar surface area (TPSA) is 87.2 Å². The minimum Gasteiger partial charge on any atom is -0.368 e. The summed E-state index contributed by atoms with van der Waals surface area (Å²) >= 11 is 0. The Morgan fingerprint density at radius 1 is 1.47 bits per heavy atom. The van der Waals surface area contributed by atoms with Gasteiger partial charge in [0.25, 0.3) is 0 Å². The lowest BCUT2D eigenvalue weighted by Gasteiger charge is -2.31. The van der Waals surface area contributed by atoms with Gasteiger partial charge in [-0.2, -0.15) is 5.26 Å². The molecule has 1 saturated heterocycles. The SMILES string of the molecule is CCC(C#N)(CC)C(=O)N1CCCC1C(N)=O. The Balaban J connectivity index is 2.96. The van der Waals surface area contributed by atoms with E-state index in [9.17, 15) is 14.9 Å². The lowest BCUT2D eigenvalue weighted by Crippen LogP contribution is -2.49. The van der Waals surface area contributed by atoms with E-state index >= 15 is 0 Å². The molecule has 5 nitrogen and oxygen atoms in total. The second kappa shape index (κ2) is 5.17. The molecule has 0 aromatic carbocycles. The van der Waals surface area contributed by atoms with Gasteiger partial charge >= 0.3 is 0 Å². The average molecular weight is 237 g/mol. The number of amides is 2. The van der Waals surface area contributed by atoms with Crippen LogP contribution in [0.2, 0.25) is 0 Å². The van der Waals surface area contributed by atoms with Crippen LogP contribution >= 0.6 is 0 Å². The summed E-state index contributed by atoms with van der Waals surface area (Å²) in [5, 5.41) is 9.22.